The van der Waals surface area contributed by atoms with Crippen LogP contribution in [0.15, 0.2) is 30.3 Å². The molecule has 15 heavy (non-hydrogen) atoms. The van der Waals surface area contributed by atoms with Gasteiger partial charge in [-0.3, -0.25) is 4.98 Å². The molecule has 2 aromatic rings. The van der Waals surface area contributed by atoms with Gasteiger partial charge in [-0.2, -0.15) is 4.98 Å². The predicted octanol–water partition coefficient (Wildman–Crippen LogP) is 1.93. The fourth-order valence-electron chi connectivity index (χ4n) is 1.31. The van der Waals surface area contributed by atoms with E-state index in [9.17, 15) is 0 Å². The number of hydrogen-bond donors (Lipinski definition) is 1. The molecule has 1 aromatic heterocycles. The van der Waals surface area contributed by atoms with Gasteiger partial charge in [0.15, 0.2) is 0 Å². The quantitative estimate of drug-likeness (QED) is 0.812. The van der Waals surface area contributed by atoms with E-state index in [0.29, 0.717) is 23.5 Å². The molecule has 0 bridgehead atoms. The molecule has 1 aliphatic rings. The average molecular weight is 204 g/mol. The maximum atomic E-state index is 5.45. The van der Waals surface area contributed by atoms with Gasteiger partial charge >= 0.3 is 6.01 Å². The SMILES string of the molecule is c1ccc(Oc2nc3c([nH]2)OCO3)cc1. The number of fused-ring (bicyclic) bond motifs is 1. The van der Waals surface area contributed by atoms with Crippen molar-refractivity contribution in [1.82, 2.24) is 9.97 Å². The van der Waals surface area contributed by atoms with Crippen molar-refractivity contribution in [2.45, 2.75) is 0 Å². The standard InChI is InChI=1S/C10H8N2O3/c1-2-4-7(5-3-1)15-10-11-8-9(12-10)14-6-13-8/h1-5H,6H2,(H,11,12). The number of H-pyrrole nitrogens is 1. The molecule has 1 aliphatic heterocycles. The smallest absolute Gasteiger partial charge is 0.305 e. The van der Waals surface area contributed by atoms with E-state index in [1.54, 1.807) is 0 Å². The highest BCUT2D eigenvalue weighted by molar-refractivity contribution is 5.33. The van der Waals surface area contributed by atoms with Crippen LogP contribution in [-0.4, -0.2) is 16.8 Å². The minimum Gasteiger partial charge on any atom is -0.437 e. The molecular weight excluding hydrogens is 196 g/mol. The van der Waals surface area contributed by atoms with Crippen molar-refractivity contribution in [3.63, 3.8) is 0 Å². The molecule has 0 radical (unpaired) electrons. The summed E-state index contributed by atoms with van der Waals surface area (Å²) in [5.74, 6) is 1.67. The number of imidazole rings is 1. The van der Waals surface area contributed by atoms with Gasteiger partial charge in [-0.1, -0.05) is 18.2 Å². The number of nitrogens with zero attached hydrogens (tertiary/aromatic N) is 1. The molecule has 2 heterocycles. The second kappa shape index (κ2) is 3.20. The highest BCUT2D eigenvalue weighted by Crippen LogP contribution is 2.32. The summed E-state index contributed by atoms with van der Waals surface area (Å²) in [5.41, 5.74) is 0. The van der Waals surface area contributed by atoms with E-state index >= 15 is 0 Å². The monoisotopic (exact) mass is 204 g/mol. The Morgan fingerprint density at radius 1 is 1.20 bits per heavy atom. The van der Waals surface area contributed by atoms with E-state index in [1.807, 2.05) is 30.3 Å². The summed E-state index contributed by atoms with van der Waals surface area (Å²) in [6, 6.07) is 9.75. The number of ether oxygens (including phenoxy) is 3. The van der Waals surface area contributed by atoms with Crippen LogP contribution in [0.4, 0.5) is 0 Å². The first-order chi connectivity index (χ1) is 7.42. The largest absolute Gasteiger partial charge is 0.437 e. The van der Waals surface area contributed by atoms with Gasteiger partial charge in [0, 0.05) is 0 Å². The lowest BCUT2D eigenvalue weighted by Crippen LogP contribution is -1.97. The summed E-state index contributed by atoms with van der Waals surface area (Å²) in [5, 5.41) is 0. The van der Waals surface area contributed by atoms with Crippen LogP contribution in [0.2, 0.25) is 0 Å². The number of para-hydroxylation sites is 1. The highest BCUT2D eigenvalue weighted by Gasteiger charge is 2.19. The molecule has 0 saturated heterocycles. The molecule has 76 valence electrons. The summed E-state index contributed by atoms with van der Waals surface area (Å²) < 4.78 is 15.6. The maximum absolute atomic E-state index is 5.45. The summed E-state index contributed by atoms with van der Waals surface area (Å²) in [6.07, 6.45) is 0. The fourth-order valence-corrected chi connectivity index (χ4v) is 1.31. The predicted molar refractivity (Wildman–Crippen MR) is 51.2 cm³/mol. The van der Waals surface area contributed by atoms with Crippen LogP contribution >= 0.6 is 0 Å². The van der Waals surface area contributed by atoms with Crippen molar-refractivity contribution >= 4 is 0 Å². The number of hydrogen-bond acceptors (Lipinski definition) is 4. The summed E-state index contributed by atoms with van der Waals surface area (Å²) in [4.78, 5) is 6.92. The zero-order valence-corrected chi connectivity index (χ0v) is 7.77. The second-order valence-corrected chi connectivity index (χ2v) is 3.00. The van der Waals surface area contributed by atoms with Crippen LogP contribution in [0, 0.1) is 0 Å². The van der Waals surface area contributed by atoms with Crippen LogP contribution in [0.1, 0.15) is 0 Å². The Morgan fingerprint density at radius 3 is 2.87 bits per heavy atom. The molecule has 0 unspecified atom stereocenters. The third-order valence-corrected chi connectivity index (χ3v) is 1.97. The maximum Gasteiger partial charge on any atom is 0.305 e. The van der Waals surface area contributed by atoms with Gasteiger partial charge in [-0.05, 0) is 12.1 Å². The number of rotatable bonds is 2. The third-order valence-electron chi connectivity index (χ3n) is 1.97. The van der Waals surface area contributed by atoms with Crippen molar-refractivity contribution in [3.8, 4) is 23.5 Å². The third kappa shape index (κ3) is 1.48. The van der Waals surface area contributed by atoms with Crippen LogP contribution in [0.5, 0.6) is 23.5 Å². The minimum atomic E-state index is 0.208. The van der Waals surface area contributed by atoms with Crippen molar-refractivity contribution < 1.29 is 14.2 Å². The zero-order chi connectivity index (χ0) is 10.1. The van der Waals surface area contributed by atoms with E-state index in [1.165, 1.54) is 0 Å². The van der Waals surface area contributed by atoms with Crippen molar-refractivity contribution in [1.29, 1.82) is 0 Å². The van der Waals surface area contributed by atoms with Crippen molar-refractivity contribution in [3.05, 3.63) is 30.3 Å². The Kier molecular flexibility index (Phi) is 1.74. The van der Waals surface area contributed by atoms with Gasteiger partial charge in [0.25, 0.3) is 11.8 Å². The van der Waals surface area contributed by atoms with Crippen LogP contribution < -0.4 is 14.2 Å². The number of nitrogens with one attached hydrogen (secondary N) is 1. The topological polar surface area (TPSA) is 56.4 Å². The lowest BCUT2D eigenvalue weighted by molar-refractivity contribution is 0.164. The minimum absolute atomic E-state index is 0.208. The van der Waals surface area contributed by atoms with Crippen molar-refractivity contribution in [2.75, 3.05) is 6.79 Å². The van der Waals surface area contributed by atoms with Gasteiger partial charge in [0.1, 0.15) is 5.75 Å². The Bertz CT molecular complexity index is 445. The number of aromatic nitrogens is 2. The normalized spacial score (nSPS) is 12.8. The Balaban J connectivity index is 1.83. The lowest BCUT2D eigenvalue weighted by Gasteiger charge is -2.00. The molecule has 5 nitrogen and oxygen atoms in total. The number of benzene rings is 1. The molecule has 0 saturated carbocycles. The first-order valence-electron chi connectivity index (χ1n) is 4.50. The van der Waals surface area contributed by atoms with Gasteiger partial charge in [-0.15, -0.1) is 0 Å². The average Bonchev–Trinajstić information content (AvgIpc) is 2.79. The molecular formula is C10H8N2O3. The Labute approximate surface area is 85.6 Å². The molecule has 0 aliphatic carbocycles. The lowest BCUT2D eigenvalue weighted by atomic mass is 10.3. The first-order valence-corrected chi connectivity index (χ1v) is 4.50. The van der Waals surface area contributed by atoms with E-state index in [2.05, 4.69) is 9.97 Å². The molecule has 1 aromatic carbocycles. The van der Waals surface area contributed by atoms with E-state index in [4.69, 9.17) is 14.2 Å². The summed E-state index contributed by atoms with van der Waals surface area (Å²) >= 11 is 0. The van der Waals surface area contributed by atoms with Gasteiger partial charge in [0.2, 0.25) is 6.79 Å². The van der Waals surface area contributed by atoms with Gasteiger partial charge in [-0.25, -0.2) is 0 Å². The highest BCUT2D eigenvalue weighted by atomic mass is 16.7. The van der Waals surface area contributed by atoms with E-state index in [-0.39, 0.29) is 6.79 Å². The second-order valence-electron chi connectivity index (χ2n) is 3.00. The Hall–Kier alpha value is -2.17. The summed E-state index contributed by atoms with van der Waals surface area (Å²) in [7, 11) is 0. The van der Waals surface area contributed by atoms with Crippen LogP contribution in [-0.2, 0) is 0 Å². The van der Waals surface area contributed by atoms with Crippen LogP contribution in [0.3, 0.4) is 0 Å². The van der Waals surface area contributed by atoms with Gasteiger partial charge < -0.3 is 14.2 Å². The number of aromatic amines is 1. The molecule has 3 rings (SSSR count). The Morgan fingerprint density at radius 2 is 2.07 bits per heavy atom. The molecule has 0 amide bonds. The van der Waals surface area contributed by atoms with Gasteiger partial charge in [0.05, 0.1) is 0 Å². The zero-order valence-electron chi connectivity index (χ0n) is 7.77. The first kappa shape index (κ1) is 8.16. The molecule has 1 N–H and O–H groups in total. The molecule has 0 spiro atoms. The van der Waals surface area contributed by atoms with Crippen molar-refractivity contribution in [2.24, 2.45) is 0 Å². The fraction of sp³-hybridized carbons (Fsp3) is 0.100. The van der Waals surface area contributed by atoms with E-state index < -0.39 is 0 Å². The molecule has 0 atom stereocenters. The van der Waals surface area contributed by atoms with E-state index in [0.717, 1.165) is 0 Å². The molecule has 0 fully saturated rings. The van der Waals surface area contributed by atoms with Crippen LogP contribution in [0.25, 0.3) is 0 Å². The molecule has 5 heteroatoms. The summed E-state index contributed by atoms with van der Waals surface area (Å²) in [6.45, 7) is 0.208.